The second-order valence-electron chi connectivity index (χ2n) is 8.55. The third-order valence-electron chi connectivity index (χ3n) is 5.71. The molecule has 0 radical (unpaired) electrons. The number of nitrogens with zero attached hydrogens (tertiary/aromatic N) is 2. The number of esters is 4. The van der Waals surface area contributed by atoms with Crippen molar-refractivity contribution in [3.05, 3.63) is 28.7 Å². The Morgan fingerprint density at radius 2 is 1.22 bits per heavy atom. The Hall–Kier alpha value is -3.19. The highest BCUT2D eigenvalue weighted by Crippen LogP contribution is 2.31. The summed E-state index contributed by atoms with van der Waals surface area (Å²) in [6.07, 6.45) is -7.50. The van der Waals surface area contributed by atoms with Crippen LogP contribution in [-0.4, -0.2) is 91.6 Å². The number of carbonyl (C=O) groups is 5. The van der Waals surface area contributed by atoms with E-state index in [1.165, 1.54) is 4.90 Å². The summed E-state index contributed by atoms with van der Waals surface area (Å²) in [6.45, 7) is 6.11. The molecular formula is C24H29BrN2O10. The Kier molecular flexibility index (Phi) is 9.49. The normalized spacial score (nSPS) is 25.6. The predicted molar refractivity (Wildman–Crippen MR) is 130 cm³/mol. The van der Waals surface area contributed by atoms with Gasteiger partial charge in [0.05, 0.1) is 0 Å². The molecule has 202 valence electrons. The first-order chi connectivity index (χ1) is 17.5. The zero-order valence-electron chi connectivity index (χ0n) is 20.9. The van der Waals surface area contributed by atoms with Gasteiger partial charge in [0.2, 0.25) is 12.4 Å². The van der Waals surface area contributed by atoms with Gasteiger partial charge in [-0.3, -0.25) is 24.0 Å². The number of ether oxygens (including phenoxy) is 5. The number of hydrogen-bond donors (Lipinski definition) is 0. The number of halogens is 1. The molecule has 2 aliphatic heterocycles. The smallest absolute Gasteiger partial charge is 0.305 e. The zero-order valence-corrected chi connectivity index (χ0v) is 22.5. The van der Waals surface area contributed by atoms with Crippen LogP contribution in [0.2, 0.25) is 0 Å². The lowest BCUT2D eigenvalue weighted by atomic mass is 9.96. The summed E-state index contributed by atoms with van der Waals surface area (Å²) in [6, 6.07) is 7.78. The van der Waals surface area contributed by atoms with Crippen LogP contribution >= 0.6 is 15.9 Å². The summed E-state index contributed by atoms with van der Waals surface area (Å²) in [5.41, 5.74) is 0.996. The van der Waals surface area contributed by atoms with Crippen molar-refractivity contribution in [2.24, 2.45) is 0 Å². The molecule has 2 saturated heterocycles. The second-order valence-corrected chi connectivity index (χ2v) is 9.46. The molecule has 12 nitrogen and oxygen atoms in total. The first-order valence-corrected chi connectivity index (χ1v) is 12.4. The highest BCUT2D eigenvalue weighted by molar-refractivity contribution is 9.10. The molecular weight excluding hydrogens is 556 g/mol. The van der Waals surface area contributed by atoms with E-state index in [0.717, 1.165) is 37.9 Å². The lowest BCUT2D eigenvalue weighted by Crippen LogP contribution is -2.66. The summed E-state index contributed by atoms with van der Waals surface area (Å²) in [5.74, 6) is -3.72. The number of rotatable bonds is 6. The van der Waals surface area contributed by atoms with Crippen molar-refractivity contribution in [1.82, 2.24) is 4.90 Å². The Morgan fingerprint density at radius 3 is 1.73 bits per heavy atom. The van der Waals surface area contributed by atoms with E-state index in [-0.39, 0.29) is 0 Å². The van der Waals surface area contributed by atoms with E-state index in [0.29, 0.717) is 26.2 Å². The minimum atomic E-state index is -1.59. The Bertz CT molecular complexity index is 1020. The third kappa shape index (κ3) is 7.41. The largest absolute Gasteiger partial charge is 0.455 e. The standard InChI is InChI=1S/C24H29BrN2O10/c1-13(28)33-19-20(34-14(2)29)22(35-15(3)30)24(36-16(4)31)37-21(19)23(32)27-11-9-26(10-12-27)18-7-5-17(25)6-8-18/h5-8,19-22,24H,9-12H2,1-4H3/t19-,20-,21-,22+,24+/m0/s1. The van der Waals surface area contributed by atoms with Gasteiger partial charge >= 0.3 is 23.9 Å². The fraction of sp³-hybridized carbons (Fsp3) is 0.542. The predicted octanol–water partition coefficient (Wildman–Crippen LogP) is 1.18. The highest BCUT2D eigenvalue weighted by Gasteiger charge is 2.56. The van der Waals surface area contributed by atoms with Gasteiger partial charge in [-0.05, 0) is 24.3 Å². The fourth-order valence-electron chi connectivity index (χ4n) is 4.25. The number of amides is 1. The summed E-state index contributed by atoms with van der Waals surface area (Å²) in [4.78, 5) is 64.7. The van der Waals surface area contributed by atoms with Crippen LogP contribution in [0, 0.1) is 0 Å². The molecule has 5 atom stereocenters. The van der Waals surface area contributed by atoms with E-state index in [1.807, 2.05) is 24.3 Å². The van der Waals surface area contributed by atoms with Crippen molar-refractivity contribution in [3.8, 4) is 0 Å². The Morgan fingerprint density at radius 1 is 0.730 bits per heavy atom. The average Bonchev–Trinajstić information content (AvgIpc) is 2.81. The van der Waals surface area contributed by atoms with Crippen LogP contribution in [0.15, 0.2) is 28.7 Å². The molecule has 0 unspecified atom stereocenters. The van der Waals surface area contributed by atoms with Gasteiger partial charge in [0, 0.05) is 64.0 Å². The fourth-order valence-corrected chi connectivity index (χ4v) is 4.51. The van der Waals surface area contributed by atoms with Crippen LogP contribution in [0.25, 0.3) is 0 Å². The molecule has 0 spiro atoms. The van der Waals surface area contributed by atoms with Gasteiger partial charge in [0.15, 0.2) is 18.3 Å². The summed E-state index contributed by atoms with van der Waals surface area (Å²) >= 11 is 3.41. The molecule has 0 aliphatic carbocycles. The number of piperazine rings is 1. The summed E-state index contributed by atoms with van der Waals surface area (Å²) in [5, 5.41) is 0. The van der Waals surface area contributed by atoms with E-state index in [1.54, 1.807) is 0 Å². The molecule has 37 heavy (non-hydrogen) atoms. The minimum absolute atomic E-state index is 0.325. The van der Waals surface area contributed by atoms with Gasteiger partial charge < -0.3 is 33.5 Å². The van der Waals surface area contributed by atoms with Crippen molar-refractivity contribution < 1.29 is 47.7 Å². The molecule has 1 aromatic carbocycles. The van der Waals surface area contributed by atoms with Crippen molar-refractivity contribution in [2.75, 3.05) is 31.1 Å². The van der Waals surface area contributed by atoms with Crippen molar-refractivity contribution in [3.63, 3.8) is 0 Å². The van der Waals surface area contributed by atoms with E-state index >= 15 is 0 Å². The van der Waals surface area contributed by atoms with E-state index in [4.69, 9.17) is 23.7 Å². The van der Waals surface area contributed by atoms with Crippen molar-refractivity contribution in [1.29, 1.82) is 0 Å². The maximum absolute atomic E-state index is 13.6. The maximum atomic E-state index is 13.6. The van der Waals surface area contributed by atoms with Crippen LogP contribution in [0.1, 0.15) is 27.7 Å². The molecule has 0 bridgehead atoms. The Labute approximate surface area is 222 Å². The highest BCUT2D eigenvalue weighted by atomic mass is 79.9. The maximum Gasteiger partial charge on any atom is 0.305 e. The molecule has 1 aromatic rings. The second kappa shape index (κ2) is 12.4. The van der Waals surface area contributed by atoms with Gasteiger partial charge in [-0.1, -0.05) is 15.9 Å². The number of anilines is 1. The molecule has 3 rings (SSSR count). The van der Waals surface area contributed by atoms with Crippen LogP contribution in [0.3, 0.4) is 0 Å². The van der Waals surface area contributed by atoms with Crippen LogP contribution < -0.4 is 4.90 Å². The number of benzene rings is 1. The molecule has 2 heterocycles. The molecule has 13 heteroatoms. The van der Waals surface area contributed by atoms with Crippen molar-refractivity contribution >= 4 is 51.4 Å². The van der Waals surface area contributed by atoms with Gasteiger partial charge in [0.25, 0.3) is 5.91 Å². The van der Waals surface area contributed by atoms with Crippen LogP contribution in [-0.2, 0) is 47.7 Å². The van der Waals surface area contributed by atoms with Gasteiger partial charge in [-0.2, -0.15) is 0 Å². The minimum Gasteiger partial charge on any atom is -0.455 e. The molecule has 0 saturated carbocycles. The number of carbonyl (C=O) groups excluding carboxylic acids is 5. The molecule has 1 amide bonds. The first kappa shape index (κ1) is 28.4. The van der Waals surface area contributed by atoms with Crippen LogP contribution in [0.5, 0.6) is 0 Å². The number of hydrogen-bond acceptors (Lipinski definition) is 11. The first-order valence-electron chi connectivity index (χ1n) is 11.6. The quantitative estimate of drug-likeness (QED) is 0.352. The SMILES string of the molecule is CC(=O)O[C@@H]1O[C@H](C(=O)N2CCN(c3ccc(Br)cc3)CC2)[C@@H](OC(C)=O)[C@H](OC(C)=O)[C@H]1OC(C)=O. The zero-order chi connectivity index (χ0) is 27.3. The Balaban J connectivity index is 1.86. The summed E-state index contributed by atoms with van der Waals surface area (Å²) < 4.78 is 27.8. The lowest BCUT2D eigenvalue weighted by Gasteiger charge is -2.45. The topological polar surface area (TPSA) is 138 Å². The molecule has 0 aromatic heterocycles. The summed E-state index contributed by atoms with van der Waals surface area (Å²) in [7, 11) is 0. The van der Waals surface area contributed by atoms with Gasteiger partial charge in [0.1, 0.15) is 0 Å². The van der Waals surface area contributed by atoms with Crippen LogP contribution in [0.4, 0.5) is 5.69 Å². The third-order valence-corrected chi connectivity index (χ3v) is 6.24. The average molecular weight is 585 g/mol. The monoisotopic (exact) mass is 584 g/mol. The van der Waals surface area contributed by atoms with Gasteiger partial charge in [-0.25, -0.2) is 0 Å². The van der Waals surface area contributed by atoms with Gasteiger partial charge in [-0.15, -0.1) is 0 Å². The lowest BCUT2D eigenvalue weighted by molar-refractivity contribution is -0.292. The molecule has 2 fully saturated rings. The van der Waals surface area contributed by atoms with E-state index in [9.17, 15) is 24.0 Å². The molecule has 0 N–H and O–H groups in total. The van der Waals surface area contributed by atoms with E-state index in [2.05, 4.69) is 20.8 Å². The van der Waals surface area contributed by atoms with E-state index < -0.39 is 60.5 Å². The molecule has 2 aliphatic rings. The van der Waals surface area contributed by atoms with Crippen molar-refractivity contribution in [2.45, 2.75) is 58.4 Å².